The Morgan fingerprint density at radius 1 is 0.947 bits per heavy atom. The Bertz CT molecular complexity index is 375. The predicted octanol–water partition coefficient (Wildman–Crippen LogP) is 3.55. The lowest BCUT2D eigenvalue weighted by Gasteiger charge is -2.22. The van der Waals surface area contributed by atoms with Gasteiger partial charge in [0.15, 0.2) is 0 Å². The fourth-order valence-electron chi connectivity index (χ4n) is 3.32. The van der Waals surface area contributed by atoms with Gasteiger partial charge in [-0.2, -0.15) is 0 Å². The molecule has 1 saturated carbocycles. The van der Waals surface area contributed by atoms with Crippen LogP contribution >= 0.6 is 0 Å². The molecule has 1 aromatic rings. The molecule has 0 radical (unpaired) electrons. The summed E-state index contributed by atoms with van der Waals surface area (Å²) in [4.78, 5) is 0. The van der Waals surface area contributed by atoms with Crippen LogP contribution in [0.3, 0.4) is 0 Å². The quantitative estimate of drug-likeness (QED) is 0.893. The number of benzene rings is 1. The molecule has 0 amide bonds. The van der Waals surface area contributed by atoms with Crippen molar-refractivity contribution in [1.82, 2.24) is 5.32 Å². The highest BCUT2D eigenvalue weighted by atomic mass is 16.5. The summed E-state index contributed by atoms with van der Waals surface area (Å²) in [5, 5.41) is 3.43. The summed E-state index contributed by atoms with van der Waals surface area (Å²) in [7, 11) is 0. The van der Waals surface area contributed by atoms with Gasteiger partial charge in [0, 0.05) is 0 Å². The van der Waals surface area contributed by atoms with Crippen LogP contribution in [0.2, 0.25) is 0 Å². The van der Waals surface area contributed by atoms with Crippen LogP contribution in [-0.2, 0) is 6.42 Å². The molecule has 1 aliphatic carbocycles. The summed E-state index contributed by atoms with van der Waals surface area (Å²) in [5.41, 5.74) is 1.46. The lowest BCUT2D eigenvalue weighted by molar-refractivity contribution is 0.210. The highest BCUT2D eigenvalue weighted by Gasteiger charge is 2.17. The Kier molecular flexibility index (Phi) is 4.39. The summed E-state index contributed by atoms with van der Waals surface area (Å²) in [6.07, 6.45) is 9.46. The van der Waals surface area contributed by atoms with Gasteiger partial charge in [0.2, 0.25) is 0 Å². The maximum absolute atomic E-state index is 6.01. The second-order valence-corrected chi connectivity index (χ2v) is 6.07. The third-order valence-electron chi connectivity index (χ3n) is 4.51. The minimum Gasteiger partial charge on any atom is -0.490 e. The molecule has 0 aromatic heterocycles. The zero-order chi connectivity index (χ0) is 12.9. The Morgan fingerprint density at radius 2 is 1.63 bits per heavy atom. The average molecular weight is 259 g/mol. The first-order valence-corrected chi connectivity index (χ1v) is 7.86. The first-order valence-electron chi connectivity index (χ1n) is 7.86. The molecule has 1 N–H and O–H groups in total. The Labute approximate surface area is 116 Å². The van der Waals surface area contributed by atoms with Gasteiger partial charge >= 0.3 is 0 Å². The summed E-state index contributed by atoms with van der Waals surface area (Å²) >= 11 is 0. The maximum Gasteiger partial charge on any atom is 0.119 e. The minimum absolute atomic E-state index is 0.468. The Balaban J connectivity index is 1.52. The van der Waals surface area contributed by atoms with Crippen LogP contribution < -0.4 is 10.1 Å². The molecule has 2 aliphatic rings. The smallest absolute Gasteiger partial charge is 0.119 e. The van der Waals surface area contributed by atoms with Gasteiger partial charge in [0.25, 0.3) is 0 Å². The highest BCUT2D eigenvalue weighted by molar-refractivity contribution is 5.27. The molecular weight excluding hydrogens is 234 g/mol. The summed E-state index contributed by atoms with van der Waals surface area (Å²) in [5.74, 6) is 1.92. The van der Waals surface area contributed by atoms with E-state index < -0.39 is 0 Å². The van der Waals surface area contributed by atoms with Gasteiger partial charge < -0.3 is 10.1 Å². The second-order valence-electron chi connectivity index (χ2n) is 6.07. The molecule has 1 saturated heterocycles. The van der Waals surface area contributed by atoms with E-state index in [-0.39, 0.29) is 0 Å². The third-order valence-corrected chi connectivity index (χ3v) is 4.51. The molecule has 3 rings (SSSR count). The molecule has 2 heteroatoms. The fourth-order valence-corrected chi connectivity index (χ4v) is 3.32. The van der Waals surface area contributed by atoms with Crippen molar-refractivity contribution in [3.63, 3.8) is 0 Å². The molecule has 0 unspecified atom stereocenters. The van der Waals surface area contributed by atoms with Crippen molar-refractivity contribution in [3.8, 4) is 5.75 Å². The third kappa shape index (κ3) is 3.73. The number of ether oxygens (including phenoxy) is 1. The van der Waals surface area contributed by atoms with Crippen molar-refractivity contribution in [3.05, 3.63) is 29.8 Å². The molecule has 2 fully saturated rings. The van der Waals surface area contributed by atoms with Crippen LogP contribution in [0.4, 0.5) is 0 Å². The van der Waals surface area contributed by atoms with Crippen LogP contribution in [0.5, 0.6) is 5.75 Å². The number of rotatable bonds is 4. The summed E-state index contributed by atoms with van der Waals surface area (Å²) < 4.78 is 6.01. The van der Waals surface area contributed by atoms with Gasteiger partial charge in [0.05, 0.1) is 6.10 Å². The lowest BCUT2D eigenvalue weighted by atomic mass is 9.91. The van der Waals surface area contributed by atoms with E-state index in [1.165, 1.54) is 63.6 Å². The van der Waals surface area contributed by atoms with E-state index in [1.54, 1.807) is 0 Å². The van der Waals surface area contributed by atoms with Gasteiger partial charge in [-0.15, -0.1) is 0 Å². The molecule has 0 bridgehead atoms. The fraction of sp³-hybridized carbons (Fsp3) is 0.647. The van der Waals surface area contributed by atoms with Crippen molar-refractivity contribution in [2.75, 3.05) is 13.1 Å². The van der Waals surface area contributed by atoms with Crippen LogP contribution in [0.1, 0.15) is 44.1 Å². The van der Waals surface area contributed by atoms with E-state index in [4.69, 9.17) is 4.74 Å². The molecule has 19 heavy (non-hydrogen) atoms. The van der Waals surface area contributed by atoms with Gasteiger partial charge in [0.1, 0.15) is 5.75 Å². The summed E-state index contributed by atoms with van der Waals surface area (Å²) in [6.45, 7) is 2.38. The molecule has 0 atom stereocenters. The first-order chi connectivity index (χ1) is 9.40. The number of nitrogens with one attached hydrogen (secondary N) is 1. The zero-order valence-electron chi connectivity index (χ0n) is 11.7. The van der Waals surface area contributed by atoms with E-state index in [0.717, 1.165) is 11.7 Å². The van der Waals surface area contributed by atoms with E-state index in [1.807, 2.05) is 0 Å². The van der Waals surface area contributed by atoms with Gasteiger partial charge in [-0.25, -0.2) is 0 Å². The Hall–Kier alpha value is -1.02. The van der Waals surface area contributed by atoms with Crippen LogP contribution in [-0.4, -0.2) is 19.2 Å². The van der Waals surface area contributed by atoms with E-state index in [0.29, 0.717) is 6.10 Å². The van der Waals surface area contributed by atoms with Gasteiger partial charge in [-0.3, -0.25) is 0 Å². The predicted molar refractivity (Wildman–Crippen MR) is 78.6 cm³/mol. The molecular formula is C17H25NO. The molecule has 1 heterocycles. The molecule has 2 nitrogen and oxygen atoms in total. The highest BCUT2D eigenvalue weighted by Crippen LogP contribution is 2.25. The van der Waals surface area contributed by atoms with E-state index in [2.05, 4.69) is 29.6 Å². The molecule has 0 spiro atoms. The Morgan fingerprint density at radius 3 is 2.32 bits per heavy atom. The van der Waals surface area contributed by atoms with Crippen molar-refractivity contribution >= 4 is 0 Å². The first kappa shape index (κ1) is 13.0. The number of hydrogen-bond acceptors (Lipinski definition) is 2. The van der Waals surface area contributed by atoms with E-state index in [9.17, 15) is 0 Å². The maximum atomic E-state index is 6.01. The molecule has 1 aromatic carbocycles. The van der Waals surface area contributed by atoms with Gasteiger partial charge in [-0.1, -0.05) is 12.1 Å². The number of piperidine rings is 1. The van der Waals surface area contributed by atoms with Crippen molar-refractivity contribution in [2.45, 2.75) is 51.0 Å². The topological polar surface area (TPSA) is 21.3 Å². The van der Waals surface area contributed by atoms with Crippen molar-refractivity contribution in [2.24, 2.45) is 5.92 Å². The van der Waals surface area contributed by atoms with Crippen LogP contribution in [0.15, 0.2) is 24.3 Å². The average Bonchev–Trinajstić information content (AvgIpc) is 2.95. The number of hydrogen-bond donors (Lipinski definition) is 1. The van der Waals surface area contributed by atoms with Gasteiger partial charge in [-0.05, 0) is 81.6 Å². The zero-order valence-corrected chi connectivity index (χ0v) is 11.7. The van der Waals surface area contributed by atoms with Crippen molar-refractivity contribution < 1.29 is 4.74 Å². The SMILES string of the molecule is c1cc(OC2CCCC2)ccc1CC1CCNCC1. The van der Waals surface area contributed by atoms with E-state index >= 15 is 0 Å². The summed E-state index contributed by atoms with van der Waals surface area (Å²) in [6, 6.07) is 8.84. The monoisotopic (exact) mass is 259 g/mol. The molecule has 1 aliphatic heterocycles. The minimum atomic E-state index is 0.468. The van der Waals surface area contributed by atoms with Crippen LogP contribution in [0, 0.1) is 5.92 Å². The molecule has 104 valence electrons. The van der Waals surface area contributed by atoms with Crippen molar-refractivity contribution in [1.29, 1.82) is 0 Å². The largest absolute Gasteiger partial charge is 0.490 e. The van der Waals surface area contributed by atoms with Crippen LogP contribution in [0.25, 0.3) is 0 Å². The lowest BCUT2D eigenvalue weighted by Crippen LogP contribution is -2.28. The standard InChI is InChI=1S/C17H25NO/c1-2-4-16(3-1)19-17-7-5-14(6-8-17)13-15-9-11-18-12-10-15/h5-8,15-16,18H,1-4,9-13H2. The normalized spacial score (nSPS) is 21.7. The second kappa shape index (κ2) is 6.42.